The summed E-state index contributed by atoms with van der Waals surface area (Å²) in [6.07, 6.45) is 4.25. The minimum absolute atomic E-state index is 0.139. The molecule has 0 unspecified atom stereocenters. The average molecular weight is 499 g/mol. The van der Waals surface area contributed by atoms with Crippen LogP contribution in [0.15, 0.2) is 90.0 Å². The molecule has 0 saturated carbocycles. The average Bonchev–Trinajstić information content (AvgIpc) is 3.12. The van der Waals surface area contributed by atoms with Gasteiger partial charge in [-0.3, -0.25) is 0 Å². The maximum atomic E-state index is 10.5. The molecule has 0 aliphatic heterocycles. The number of rotatable bonds is 5. The quantitative estimate of drug-likeness (QED) is 0.254. The Morgan fingerprint density at radius 2 is 1.61 bits per heavy atom. The third-order valence-electron chi connectivity index (χ3n) is 4.57. The van der Waals surface area contributed by atoms with Crippen LogP contribution in [0.1, 0.15) is 17.1 Å². The first-order valence-electron chi connectivity index (χ1n) is 9.81. The molecule has 1 aromatic heterocycles. The van der Waals surface area contributed by atoms with Crippen molar-refractivity contribution in [3.63, 3.8) is 0 Å². The molecule has 7 heteroatoms. The van der Waals surface area contributed by atoms with Crippen molar-refractivity contribution in [3.05, 3.63) is 95.2 Å². The first kappa shape index (κ1) is 23.0. The van der Waals surface area contributed by atoms with Gasteiger partial charge < -0.3 is 4.55 Å². The predicted octanol–water partition coefficient (Wildman–Crippen LogP) is 4.19. The standard InChI is InChI=1S/C17H16N2Se.C7H8O3S/c1-2-19-15-10-6-7-11-16(15)20-17(19)12-13-18-14-8-4-3-5-9-14;1-6-4-2-3-5-7(6)11(8,9)10/h3-13H,2H2,1H3;2-5H,1H3,(H,8,9,10). The van der Waals surface area contributed by atoms with Crippen LogP contribution in [0, 0.1) is 6.92 Å². The van der Waals surface area contributed by atoms with Crippen molar-refractivity contribution in [1.29, 1.82) is 0 Å². The van der Waals surface area contributed by atoms with Crippen LogP contribution in [0.4, 0.5) is 5.69 Å². The summed E-state index contributed by atoms with van der Waals surface area (Å²) in [5.74, 6) is 0. The Balaban J connectivity index is 0.000000210. The maximum absolute atomic E-state index is 10.5. The molecule has 5 nitrogen and oxygen atoms in total. The number of fused-ring (bicyclic) bond motifs is 1. The van der Waals surface area contributed by atoms with Gasteiger partial charge in [-0.05, 0) is 18.6 Å². The molecule has 0 radical (unpaired) electrons. The molecule has 1 heterocycles. The minimum atomic E-state index is -4.28. The van der Waals surface area contributed by atoms with Crippen LogP contribution < -0.4 is 9.88 Å². The van der Waals surface area contributed by atoms with E-state index in [1.54, 1.807) is 19.1 Å². The van der Waals surface area contributed by atoms with Gasteiger partial charge in [0.2, 0.25) is 0 Å². The summed E-state index contributed by atoms with van der Waals surface area (Å²) in [5, 5.41) is 3.32. The number of hydrogen-bond acceptors (Lipinski definition) is 4. The van der Waals surface area contributed by atoms with Crippen molar-refractivity contribution >= 4 is 46.2 Å². The van der Waals surface area contributed by atoms with Gasteiger partial charge in [-0.25, -0.2) is 8.42 Å². The number of aryl methyl sites for hydroxylation is 2. The molecule has 0 saturated heterocycles. The van der Waals surface area contributed by atoms with E-state index in [-0.39, 0.29) is 4.90 Å². The molecule has 0 spiro atoms. The zero-order valence-electron chi connectivity index (χ0n) is 17.4. The van der Waals surface area contributed by atoms with Crippen LogP contribution in [0.25, 0.3) is 15.9 Å². The van der Waals surface area contributed by atoms with E-state index in [1.165, 1.54) is 26.5 Å². The first-order chi connectivity index (χ1) is 14.9. The summed E-state index contributed by atoms with van der Waals surface area (Å²) >= 11 is 0.404. The molecule has 31 heavy (non-hydrogen) atoms. The van der Waals surface area contributed by atoms with Gasteiger partial charge in [0.25, 0.3) is 0 Å². The Morgan fingerprint density at radius 1 is 0.968 bits per heavy atom. The van der Waals surface area contributed by atoms with Gasteiger partial charge in [-0.2, -0.15) is 0 Å². The fraction of sp³-hybridized carbons (Fsp3) is 0.125. The van der Waals surface area contributed by atoms with Crippen molar-refractivity contribution in [1.82, 2.24) is 0 Å². The molecular weight excluding hydrogens is 475 g/mol. The van der Waals surface area contributed by atoms with Crippen molar-refractivity contribution in [2.24, 2.45) is 0 Å². The van der Waals surface area contributed by atoms with E-state index in [4.69, 9.17) is 0 Å². The van der Waals surface area contributed by atoms with Crippen molar-refractivity contribution in [2.45, 2.75) is 25.3 Å². The Bertz CT molecular complexity index is 1280. The third-order valence-corrected chi connectivity index (χ3v) is 7.93. The number of benzene rings is 3. The van der Waals surface area contributed by atoms with Gasteiger partial charge in [0.15, 0.2) is 0 Å². The van der Waals surface area contributed by atoms with E-state index in [2.05, 4.69) is 59.3 Å². The molecule has 4 aromatic rings. The number of nitrogens with zero attached hydrogens (tertiary/aromatic N) is 1. The molecule has 0 aliphatic carbocycles. The molecule has 0 amide bonds. The monoisotopic (exact) mass is 500 g/mol. The summed E-state index contributed by atoms with van der Waals surface area (Å²) in [6, 6.07) is 25.0. The largest absolute Gasteiger partial charge is 0.744 e. The van der Waals surface area contributed by atoms with E-state index in [9.17, 15) is 13.0 Å². The summed E-state index contributed by atoms with van der Waals surface area (Å²) in [7, 11) is -4.28. The van der Waals surface area contributed by atoms with E-state index >= 15 is 0 Å². The molecule has 0 bridgehead atoms. The first-order valence-corrected chi connectivity index (χ1v) is 12.9. The topological polar surface area (TPSA) is 73.1 Å². The number of aromatic nitrogens is 1. The Kier molecular flexibility index (Phi) is 7.82. The van der Waals surface area contributed by atoms with Crippen LogP contribution in [0.3, 0.4) is 0 Å². The fourth-order valence-electron chi connectivity index (χ4n) is 3.08. The Morgan fingerprint density at radius 3 is 2.26 bits per heavy atom. The van der Waals surface area contributed by atoms with Crippen molar-refractivity contribution in [3.8, 4) is 0 Å². The third kappa shape index (κ3) is 6.15. The van der Waals surface area contributed by atoms with Crippen LogP contribution in [0.5, 0.6) is 0 Å². The predicted molar refractivity (Wildman–Crippen MR) is 125 cm³/mol. The molecule has 0 atom stereocenters. The molecule has 160 valence electrons. The van der Waals surface area contributed by atoms with Crippen LogP contribution in [-0.4, -0.2) is 27.5 Å². The van der Waals surface area contributed by atoms with E-state index < -0.39 is 10.1 Å². The number of para-hydroxylation sites is 2. The molecule has 4 rings (SSSR count). The maximum Gasteiger partial charge on any atom is 0.124 e. The number of nitrogens with one attached hydrogen (secondary N) is 1. The van der Waals surface area contributed by atoms with E-state index in [0.717, 1.165) is 12.2 Å². The van der Waals surface area contributed by atoms with E-state index in [0.29, 0.717) is 20.1 Å². The van der Waals surface area contributed by atoms with Crippen LogP contribution >= 0.6 is 0 Å². The molecular formula is C24H24N2O3SSe. The summed E-state index contributed by atoms with van der Waals surface area (Å²) in [6.45, 7) is 4.81. The summed E-state index contributed by atoms with van der Waals surface area (Å²) < 4.78 is 36.8. The zero-order chi connectivity index (χ0) is 22.3. The molecule has 0 fully saturated rings. The normalized spacial score (nSPS) is 11.3. The summed E-state index contributed by atoms with van der Waals surface area (Å²) in [4.78, 5) is -0.139. The van der Waals surface area contributed by atoms with Gasteiger partial charge in [0, 0.05) is 0 Å². The molecule has 0 aliphatic rings. The van der Waals surface area contributed by atoms with Crippen LogP contribution in [0.2, 0.25) is 0 Å². The van der Waals surface area contributed by atoms with Crippen LogP contribution in [-0.2, 0) is 16.7 Å². The summed E-state index contributed by atoms with van der Waals surface area (Å²) in [5.41, 5.74) is 2.98. The smallest absolute Gasteiger partial charge is 0.124 e. The zero-order valence-corrected chi connectivity index (χ0v) is 19.9. The second-order valence-corrected chi connectivity index (χ2v) is 10.3. The van der Waals surface area contributed by atoms with Gasteiger partial charge in [0.1, 0.15) is 10.1 Å². The van der Waals surface area contributed by atoms with Crippen molar-refractivity contribution < 1.29 is 17.5 Å². The van der Waals surface area contributed by atoms with E-state index in [1.807, 2.05) is 24.4 Å². The Labute approximate surface area is 189 Å². The van der Waals surface area contributed by atoms with Crippen molar-refractivity contribution in [2.75, 3.05) is 5.32 Å². The van der Waals surface area contributed by atoms with Gasteiger partial charge in [-0.1, -0.05) is 18.2 Å². The van der Waals surface area contributed by atoms with Gasteiger partial charge >= 0.3 is 125 Å². The SMILES string of the molecule is CC[n+]1c(C=CNc2ccccc2)[se]c2ccccc21.Cc1ccccc1S(=O)(=O)[O-]. The molecule has 1 N–H and O–H groups in total. The van der Waals surface area contributed by atoms with Gasteiger partial charge in [-0.15, -0.1) is 0 Å². The fourth-order valence-corrected chi connectivity index (χ4v) is 6.16. The number of anilines is 1. The molecule has 3 aromatic carbocycles. The second-order valence-electron chi connectivity index (χ2n) is 6.72. The second kappa shape index (κ2) is 10.6. The van der Waals surface area contributed by atoms with Gasteiger partial charge in [0.05, 0.1) is 4.90 Å². The Hall–Kier alpha value is -2.70. The minimum Gasteiger partial charge on any atom is -0.744 e. The number of hydrogen-bond donors (Lipinski definition) is 1.